The Kier molecular flexibility index (Phi) is 4.62. The van der Waals surface area contributed by atoms with E-state index in [1.165, 1.54) is 25.1 Å². The van der Waals surface area contributed by atoms with E-state index in [0.29, 0.717) is 0 Å². The van der Waals surface area contributed by atoms with E-state index < -0.39 is 18.8 Å². The molecule has 1 aromatic carbocycles. The van der Waals surface area contributed by atoms with Gasteiger partial charge in [0.05, 0.1) is 0 Å². The van der Waals surface area contributed by atoms with Crippen molar-refractivity contribution in [1.29, 1.82) is 0 Å². The Morgan fingerprint density at radius 1 is 1.53 bits per heavy atom. The number of amides is 1. The van der Waals surface area contributed by atoms with E-state index >= 15 is 0 Å². The number of ether oxygens (including phenoxy) is 1. The lowest BCUT2D eigenvalue weighted by molar-refractivity contribution is 0.0507. The van der Waals surface area contributed by atoms with Crippen molar-refractivity contribution in [3.05, 3.63) is 29.6 Å². The second-order valence-corrected chi connectivity index (χ2v) is 3.53. The number of nitrogens with zero attached hydrogens (tertiary/aromatic N) is 1. The number of methoxy groups -OCH3 is 1. The van der Waals surface area contributed by atoms with Crippen molar-refractivity contribution in [2.45, 2.75) is 0 Å². The summed E-state index contributed by atoms with van der Waals surface area (Å²) < 4.78 is 17.9. The van der Waals surface area contributed by atoms with Crippen molar-refractivity contribution < 1.29 is 24.0 Å². The first-order valence-electron chi connectivity index (χ1n) is 4.87. The quantitative estimate of drug-likeness (QED) is 0.533. The number of rotatable bonds is 4. The van der Waals surface area contributed by atoms with E-state index in [4.69, 9.17) is 14.8 Å². The van der Waals surface area contributed by atoms with Gasteiger partial charge in [0.25, 0.3) is 5.91 Å². The van der Waals surface area contributed by atoms with Crippen molar-refractivity contribution in [3.8, 4) is 0 Å². The molecule has 1 aromatic rings. The lowest BCUT2D eigenvalue weighted by Crippen LogP contribution is -2.35. The third-order valence-electron chi connectivity index (χ3n) is 2.19. The van der Waals surface area contributed by atoms with Gasteiger partial charge in [-0.2, -0.15) is 0 Å². The molecule has 5 nitrogen and oxygen atoms in total. The fourth-order valence-corrected chi connectivity index (χ4v) is 1.35. The Balaban J connectivity index is 2.99. The molecular weight excluding hydrogens is 228 g/mol. The molecule has 92 valence electrons. The maximum atomic E-state index is 13.2. The molecule has 0 saturated carbocycles. The first-order chi connectivity index (χ1) is 7.97. The summed E-state index contributed by atoms with van der Waals surface area (Å²) in [5.41, 5.74) is -0.171. The molecule has 0 aliphatic heterocycles. The van der Waals surface area contributed by atoms with E-state index in [-0.39, 0.29) is 17.8 Å². The van der Waals surface area contributed by atoms with Crippen molar-refractivity contribution in [3.63, 3.8) is 0 Å². The summed E-state index contributed by atoms with van der Waals surface area (Å²) in [6.07, 6.45) is 0. The van der Waals surface area contributed by atoms with E-state index in [2.05, 4.69) is 0 Å². The molecule has 0 heterocycles. The van der Waals surface area contributed by atoms with Crippen LogP contribution in [0.25, 0.3) is 0 Å². The Labute approximate surface area is 98.6 Å². The molecule has 2 N–H and O–H groups in total. The van der Waals surface area contributed by atoms with Gasteiger partial charge in [-0.1, -0.05) is 0 Å². The third kappa shape index (κ3) is 3.26. The van der Waals surface area contributed by atoms with Gasteiger partial charge in [0, 0.05) is 25.2 Å². The van der Waals surface area contributed by atoms with E-state index in [1.807, 2.05) is 0 Å². The Morgan fingerprint density at radius 2 is 2.18 bits per heavy atom. The topological polar surface area (TPSA) is 70.0 Å². The third-order valence-corrected chi connectivity index (χ3v) is 2.19. The maximum absolute atomic E-state index is 13.2. The van der Waals surface area contributed by atoms with Crippen LogP contribution in [0, 0.1) is 5.82 Å². The summed E-state index contributed by atoms with van der Waals surface area (Å²) in [7, 11) is 1.01. The van der Waals surface area contributed by atoms with Gasteiger partial charge >= 0.3 is 7.12 Å². The minimum absolute atomic E-state index is 0.0905. The van der Waals surface area contributed by atoms with E-state index in [9.17, 15) is 9.18 Å². The van der Waals surface area contributed by atoms with E-state index in [0.717, 1.165) is 12.1 Å². The molecule has 0 bridgehead atoms. The van der Waals surface area contributed by atoms with Crippen molar-refractivity contribution in [1.82, 2.24) is 4.90 Å². The van der Waals surface area contributed by atoms with Crippen molar-refractivity contribution in [2.24, 2.45) is 0 Å². The Hall–Kier alpha value is -1.44. The van der Waals surface area contributed by atoms with Crippen LogP contribution in [0.15, 0.2) is 18.2 Å². The first-order valence-corrected chi connectivity index (χ1v) is 4.87. The standard InChI is InChI=1S/C10H13BFNO4/c1-13(6-17-2)10(14)7-3-4-9(12)8(5-7)11(15)16/h3-5,15-16H,6H2,1-2H3. The van der Waals surface area contributed by atoms with Crippen LogP contribution in [0.1, 0.15) is 10.4 Å². The van der Waals surface area contributed by atoms with Crippen molar-refractivity contribution >= 4 is 18.5 Å². The lowest BCUT2D eigenvalue weighted by Gasteiger charge is -2.16. The number of benzene rings is 1. The van der Waals surface area contributed by atoms with E-state index in [1.54, 1.807) is 0 Å². The second-order valence-electron chi connectivity index (χ2n) is 3.53. The molecule has 0 fully saturated rings. The first kappa shape index (κ1) is 13.6. The summed E-state index contributed by atoms with van der Waals surface area (Å²) in [4.78, 5) is 13.1. The zero-order chi connectivity index (χ0) is 13.0. The minimum Gasteiger partial charge on any atom is -0.423 e. The molecule has 7 heteroatoms. The van der Waals surface area contributed by atoms with Gasteiger partial charge in [-0.15, -0.1) is 0 Å². The predicted octanol–water partition coefficient (Wildman–Crippen LogP) is -0.819. The number of hydrogen-bond acceptors (Lipinski definition) is 4. The molecule has 0 saturated heterocycles. The van der Waals surface area contributed by atoms with Gasteiger partial charge in [0.15, 0.2) is 0 Å². The van der Waals surface area contributed by atoms with Crippen molar-refractivity contribution in [2.75, 3.05) is 20.9 Å². The predicted molar refractivity (Wildman–Crippen MR) is 60.2 cm³/mol. The Bertz CT molecular complexity index is 413. The van der Waals surface area contributed by atoms with Gasteiger partial charge in [0.2, 0.25) is 0 Å². The molecule has 17 heavy (non-hydrogen) atoms. The van der Waals surface area contributed by atoms with Gasteiger partial charge in [0.1, 0.15) is 12.5 Å². The molecule has 1 rings (SSSR count). The molecule has 0 aliphatic rings. The lowest BCUT2D eigenvalue weighted by atomic mass is 9.79. The summed E-state index contributed by atoms with van der Waals surface area (Å²) in [6, 6.07) is 3.40. The SMILES string of the molecule is COCN(C)C(=O)c1ccc(F)c(B(O)O)c1. The van der Waals surface area contributed by atoms with Crippen LogP contribution in [0.3, 0.4) is 0 Å². The normalized spacial score (nSPS) is 10.2. The Morgan fingerprint density at radius 3 is 2.71 bits per heavy atom. The van der Waals surface area contributed by atoms with Gasteiger partial charge < -0.3 is 19.7 Å². The van der Waals surface area contributed by atoms with Crippen LogP contribution in [0.5, 0.6) is 0 Å². The van der Waals surface area contributed by atoms with Crippen LogP contribution < -0.4 is 5.46 Å². The maximum Gasteiger partial charge on any atom is 0.491 e. The highest BCUT2D eigenvalue weighted by atomic mass is 19.1. The van der Waals surface area contributed by atoms with Gasteiger partial charge in [-0.25, -0.2) is 4.39 Å². The van der Waals surface area contributed by atoms with Crippen LogP contribution >= 0.6 is 0 Å². The average Bonchev–Trinajstić information content (AvgIpc) is 2.28. The molecule has 1 amide bonds. The molecule has 0 aliphatic carbocycles. The largest absolute Gasteiger partial charge is 0.491 e. The number of carbonyl (C=O) groups excluding carboxylic acids is 1. The summed E-state index contributed by atoms with van der Waals surface area (Å²) in [5.74, 6) is -1.17. The molecule has 0 radical (unpaired) electrons. The second kappa shape index (κ2) is 5.76. The van der Waals surface area contributed by atoms with Crippen LogP contribution in [0.4, 0.5) is 4.39 Å². The average molecular weight is 241 g/mol. The highest BCUT2D eigenvalue weighted by Gasteiger charge is 2.20. The molecule has 0 atom stereocenters. The highest BCUT2D eigenvalue weighted by molar-refractivity contribution is 6.58. The summed E-state index contributed by atoms with van der Waals surface area (Å²) >= 11 is 0. The smallest absolute Gasteiger partial charge is 0.423 e. The minimum atomic E-state index is -1.95. The van der Waals surface area contributed by atoms with Crippen LogP contribution in [-0.2, 0) is 4.74 Å². The molecule has 0 spiro atoms. The van der Waals surface area contributed by atoms with Crippen LogP contribution in [0.2, 0.25) is 0 Å². The number of hydrogen-bond donors (Lipinski definition) is 2. The molecular formula is C10H13BFNO4. The highest BCUT2D eigenvalue weighted by Crippen LogP contribution is 2.05. The number of carbonyl (C=O) groups is 1. The fourth-order valence-electron chi connectivity index (χ4n) is 1.35. The van der Waals surface area contributed by atoms with Gasteiger partial charge in [-0.3, -0.25) is 4.79 Å². The summed E-state index contributed by atoms with van der Waals surface area (Å²) in [6.45, 7) is 0.0905. The molecule has 0 aromatic heterocycles. The monoisotopic (exact) mass is 241 g/mol. The molecule has 0 unspecified atom stereocenters. The number of halogens is 1. The van der Waals surface area contributed by atoms with Crippen LogP contribution in [-0.4, -0.2) is 48.9 Å². The van der Waals surface area contributed by atoms with Gasteiger partial charge in [-0.05, 0) is 18.2 Å². The zero-order valence-corrected chi connectivity index (χ0v) is 9.55. The summed E-state index contributed by atoms with van der Waals surface area (Å²) in [5, 5.41) is 17.8. The zero-order valence-electron chi connectivity index (χ0n) is 9.55. The fraction of sp³-hybridized carbons (Fsp3) is 0.300.